The average Bonchev–Trinajstić information content (AvgIpc) is 2.04. The molecule has 0 saturated carbocycles. The van der Waals surface area contributed by atoms with Gasteiger partial charge in [0.2, 0.25) is 10.0 Å². The van der Waals surface area contributed by atoms with E-state index in [9.17, 15) is 8.42 Å². The lowest BCUT2D eigenvalue weighted by atomic mass is 10.8. The van der Waals surface area contributed by atoms with Crippen LogP contribution in [0.5, 0.6) is 0 Å². The van der Waals surface area contributed by atoms with Crippen LogP contribution in [0, 0.1) is 0 Å². The molecule has 0 bridgehead atoms. The summed E-state index contributed by atoms with van der Waals surface area (Å²) in [6, 6.07) is 0. The number of thioether (sulfide) groups is 1. The van der Waals surface area contributed by atoms with Gasteiger partial charge in [0.05, 0.1) is 0 Å². The van der Waals surface area contributed by atoms with Gasteiger partial charge >= 0.3 is 0 Å². The summed E-state index contributed by atoms with van der Waals surface area (Å²) < 4.78 is 24.1. The summed E-state index contributed by atoms with van der Waals surface area (Å²) in [5.74, 6) is 1.63. The number of rotatable bonds is 7. The maximum atomic E-state index is 10.8. The molecule has 0 amide bonds. The smallest absolute Gasteiger partial charge is 0.214 e. The third kappa shape index (κ3) is 7.15. The molecule has 0 spiro atoms. The van der Waals surface area contributed by atoms with E-state index in [1.54, 1.807) is 17.8 Å². The van der Waals surface area contributed by atoms with Gasteiger partial charge in [-0.1, -0.05) is 22.0 Å². The summed E-state index contributed by atoms with van der Waals surface area (Å²) in [7, 11) is -3.08. The van der Waals surface area contributed by atoms with Gasteiger partial charge in [-0.15, -0.1) is 6.58 Å². The minimum atomic E-state index is -3.08. The molecular weight excluding hydrogens is 262 g/mol. The van der Waals surface area contributed by atoms with E-state index in [0.717, 1.165) is 11.5 Å². The van der Waals surface area contributed by atoms with E-state index in [-0.39, 0.29) is 4.66 Å². The average molecular weight is 274 g/mol. The van der Waals surface area contributed by atoms with E-state index >= 15 is 0 Å². The molecule has 0 heterocycles. The van der Waals surface area contributed by atoms with Gasteiger partial charge in [0.15, 0.2) is 0 Å². The molecule has 3 nitrogen and oxygen atoms in total. The fourth-order valence-corrected chi connectivity index (χ4v) is 2.16. The molecule has 0 radical (unpaired) electrons. The molecule has 0 atom stereocenters. The summed E-state index contributed by atoms with van der Waals surface area (Å²) in [6.07, 6.45) is 1.80. The van der Waals surface area contributed by atoms with Crippen molar-refractivity contribution in [2.75, 3.05) is 22.7 Å². The minimum Gasteiger partial charge on any atom is -0.214 e. The molecule has 72 valence electrons. The Balaban J connectivity index is 3.37. The molecule has 0 aromatic carbocycles. The first-order chi connectivity index (χ1) is 5.62. The third-order valence-electron chi connectivity index (χ3n) is 0.948. The van der Waals surface area contributed by atoms with Crippen molar-refractivity contribution in [3.8, 4) is 0 Å². The summed E-state index contributed by atoms with van der Waals surface area (Å²) in [6.45, 7) is 4.03. The van der Waals surface area contributed by atoms with Gasteiger partial charge in [-0.2, -0.15) is 11.8 Å². The maximum absolute atomic E-state index is 10.8. The number of hydrogen-bond acceptors (Lipinski definition) is 3. The predicted molar refractivity (Wildman–Crippen MR) is 58.2 cm³/mol. The number of nitrogens with one attached hydrogen (secondary N) is 1. The first-order valence-electron chi connectivity index (χ1n) is 3.34. The molecule has 0 aromatic rings. The normalized spacial score (nSPS) is 11.4. The van der Waals surface area contributed by atoms with Crippen molar-refractivity contribution in [2.24, 2.45) is 0 Å². The SMILES string of the molecule is C=CCSCCNS(=O)(=O)CBr. The Morgan fingerprint density at radius 3 is 2.75 bits per heavy atom. The van der Waals surface area contributed by atoms with Crippen LogP contribution in [0.25, 0.3) is 0 Å². The zero-order valence-corrected chi connectivity index (χ0v) is 9.84. The van der Waals surface area contributed by atoms with Crippen molar-refractivity contribution in [1.29, 1.82) is 0 Å². The molecule has 0 aliphatic heterocycles. The van der Waals surface area contributed by atoms with Crippen LogP contribution in [0.1, 0.15) is 0 Å². The highest BCUT2D eigenvalue weighted by atomic mass is 79.9. The fraction of sp³-hybridized carbons (Fsp3) is 0.667. The Bertz CT molecular complexity index is 216. The Hall–Kier alpha value is 0.480. The second kappa shape index (κ2) is 6.94. The van der Waals surface area contributed by atoms with Crippen molar-refractivity contribution in [1.82, 2.24) is 4.72 Å². The van der Waals surface area contributed by atoms with Crippen LogP contribution in [0.3, 0.4) is 0 Å². The number of hydrogen-bond donors (Lipinski definition) is 1. The highest BCUT2D eigenvalue weighted by molar-refractivity contribution is 9.10. The highest BCUT2D eigenvalue weighted by Gasteiger charge is 2.04. The zero-order chi connectivity index (χ0) is 9.45. The molecule has 0 aliphatic carbocycles. The van der Waals surface area contributed by atoms with E-state index in [0.29, 0.717) is 6.54 Å². The zero-order valence-electron chi connectivity index (χ0n) is 6.62. The number of alkyl halides is 1. The molecule has 1 N–H and O–H groups in total. The Labute approximate surface area is 86.2 Å². The lowest BCUT2D eigenvalue weighted by Gasteiger charge is -2.01. The summed E-state index contributed by atoms with van der Waals surface area (Å²) in [4.78, 5) is 0. The molecule has 0 fully saturated rings. The summed E-state index contributed by atoms with van der Waals surface area (Å²) >= 11 is 4.52. The van der Waals surface area contributed by atoms with Gasteiger partial charge in [-0.3, -0.25) is 0 Å². The van der Waals surface area contributed by atoms with Crippen LogP contribution in [0.4, 0.5) is 0 Å². The van der Waals surface area contributed by atoms with Crippen molar-refractivity contribution >= 4 is 37.7 Å². The van der Waals surface area contributed by atoms with Gasteiger partial charge in [0.1, 0.15) is 4.66 Å². The van der Waals surface area contributed by atoms with Crippen LogP contribution >= 0.6 is 27.7 Å². The van der Waals surface area contributed by atoms with Crippen molar-refractivity contribution in [3.63, 3.8) is 0 Å². The first-order valence-corrected chi connectivity index (χ1v) is 7.27. The van der Waals surface area contributed by atoms with E-state index in [1.165, 1.54) is 0 Å². The van der Waals surface area contributed by atoms with Crippen LogP contribution < -0.4 is 4.72 Å². The van der Waals surface area contributed by atoms with E-state index in [2.05, 4.69) is 27.2 Å². The van der Waals surface area contributed by atoms with Crippen LogP contribution in [0.2, 0.25) is 0 Å². The fourth-order valence-electron chi connectivity index (χ4n) is 0.475. The lowest BCUT2D eigenvalue weighted by Crippen LogP contribution is -2.26. The monoisotopic (exact) mass is 273 g/mol. The first kappa shape index (κ1) is 12.5. The molecule has 0 unspecified atom stereocenters. The molecule has 6 heteroatoms. The van der Waals surface area contributed by atoms with Gasteiger partial charge < -0.3 is 0 Å². The molecule has 0 aliphatic rings. The van der Waals surface area contributed by atoms with Crippen LogP contribution in [-0.2, 0) is 10.0 Å². The Morgan fingerprint density at radius 2 is 2.25 bits per heavy atom. The molecule has 0 rings (SSSR count). The van der Waals surface area contributed by atoms with Gasteiger partial charge in [0.25, 0.3) is 0 Å². The quantitative estimate of drug-likeness (QED) is 0.431. The standard InChI is InChI=1S/C6H12BrNO2S2/c1-2-4-11-5-3-8-12(9,10)6-7/h2,8H,1,3-6H2. The molecular formula is C6H12BrNO2S2. The van der Waals surface area contributed by atoms with E-state index in [4.69, 9.17) is 0 Å². The van der Waals surface area contributed by atoms with Crippen LogP contribution in [-0.4, -0.2) is 31.1 Å². The third-order valence-corrected chi connectivity index (χ3v) is 4.65. The highest BCUT2D eigenvalue weighted by Crippen LogP contribution is 1.98. The van der Waals surface area contributed by atoms with Crippen molar-refractivity contribution < 1.29 is 8.42 Å². The maximum Gasteiger partial charge on any atom is 0.221 e. The molecule has 0 saturated heterocycles. The Morgan fingerprint density at radius 1 is 1.58 bits per heavy atom. The minimum absolute atomic E-state index is 0.0356. The lowest BCUT2D eigenvalue weighted by molar-refractivity contribution is 0.589. The van der Waals surface area contributed by atoms with Crippen molar-refractivity contribution in [3.05, 3.63) is 12.7 Å². The van der Waals surface area contributed by atoms with E-state index < -0.39 is 10.0 Å². The van der Waals surface area contributed by atoms with Crippen molar-refractivity contribution in [2.45, 2.75) is 0 Å². The number of halogens is 1. The predicted octanol–water partition coefficient (Wildman–Crippen LogP) is 1.18. The molecule has 0 aromatic heterocycles. The second-order valence-electron chi connectivity index (χ2n) is 1.98. The van der Waals surface area contributed by atoms with Gasteiger partial charge in [0, 0.05) is 18.1 Å². The Kier molecular flexibility index (Phi) is 7.22. The largest absolute Gasteiger partial charge is 0.221 e. The van der Waals surface area contributed by atoms with E-state index in [1.807, 2.05) is 0 Å². The van der Waals surface area contributed by atoms with Gasteiger partial charge in [-0.05, 0) is 0 Å². The molecule has 12 heavy (non-hydrogen) atoms. The number of sulfonamides is 1. The van der Waals surface area contributed by atoms with Gasteiger partial charge in [-0.25, -0.2) is 13.1 Å². The second-order valence-corrected chi connectivity index (χ2v) is 6.24. The summed E-state index contributed by atoms with van der Waals surface area (Å²) in [5, 5.41) is 0. The van der Waals surface area contributed by atoms with Crippen LogP contribution in [0.15, 0.2) is 12.7 Å². The summed E-state index contributed by atoms with van der Waals surface area (Å²) in [5.41, 5.74) is 0. The topological polar surface area (TPSA) is 46.2 Å².